The minimum absolute atomic E-state index is 0.0245. The smallest absolute Gasteiger partial charge is 0.421 e. The quantitative estimate of drug-likeness (QED) is 0.242. The SMILES string of the molecule is CC(C)Oc1ccc(CCCOC(=O)NS(=O)(=O)NCCc2ccccn2)c(Oc2ncc(C(F)(F)F)cc2Cl)c1. The van der Waals surface area contributed by atoms with Crippen molar-refractivity contribution in [3.05, 3.63) is 76.7 Å². The van der Waals surface area contributed by atoms with Crippen LogP contribution in [0.4, 0.5) is 18.0 Å². The predicted molar refractivity (Wildman–Crippen MR) is 144 cm³/mol. The molecule has 3 aromatic rings. The van der Waals surface area contributed by atoms with Crippen molar-refractivity contribution in [3.63, 3.8) is 0 Å². The van der Waals surface area contributed by atoms with Crippen molar-refractivity contribution in [1.82, 2.24) is 19.4 Å². The molecule has 10 nitrogen and oxygen atoms in total. The third-order valence-electron chi connectivity index (χ3n) is 5.19. The Kier molecular flexibility index (Phi) is 11.1. The van der Waals surface area contributed by atoms with E-state index in [-0.39, 0.29) is 48.7 Å². The number of hydrogen-bond acceptors (Lipinski definition) is 8. The average molecular weight is 617 g/mol. The molecule has 0 saturated heterocycles. The van der Waals surface area contributed by atoms with Crippen LogP contribution >= 0.6 is 11.6 Å². The molecule has 0 unspecified atom stereocenters. The van der Waals surface area contributed by atoms with Gasteiger partial charge >= 0.3 is 22.5 Å². The molecule has 2 N–H and O–H groups in total. The summed E-state index contributed by atoms with van der Waals surface area (Å²) in [6.07, 6.45) is -2.86. The van der Waals surface area contributed by atoms with Crippen molar-refractivity contribution in [3.8, 4) is 17.4 Å². The first-order valence-corrected chi connectivity index (χ1v) is 14.2. The van der Waals surface area contributed by atoms with Crippen LogP contribution in [-0.4, -0.2) is 43.7 Å². The zero-order valence-electron chi connectivity index (χ0n) is 22.1. The van der Waals surface area contributed by atoms with E-state index in [2.05, 4.69) is 14.7 Å². The second-order valence-corrected chi connectivity index (χ2v) is 10.8. The molecule has 2 aromatic heterocycles. The lowest BCUT2D eigenvalue weighted by atomic mass is 10.1. The molecule has 15 heteroatoms. The normalized spacial score (nSPS) is 11.8. The second kappa shape index (κ2) is 14.3. The molecule has 0 saturated carbocycles. The van der Waals surface area contributed by atoms with Crippen LogP contribution in [0.3, 0.4) is 0 Å². The van der Waals surface area contributed by atoms with E-state index in [9.17, 15) is 26.4 Å². The average Bonchev–Trinajstić information content (AvgIpc) is 2.88. The number of nitrogens with one attached hydrogen (secondary N) is 2. The van der Waals surface area contributed by atoms with E-state index < -0.39 is 28.0 Å². The summed E-state index contributed by atoms with van der Waals surface area (Å²) in [5.74, 6) is 0.429. The fourth-order valence-electron chi connectivity index (χ4n) is 3.40. The van der Waals surface area contributed by atoms with E-state index >= 15 is 0 Å². The number of carbonyl (C=O) groups is 1. The first-order chi connectivity index (χ1) is 19.3. The molecule has 0 aliphatic rings. The summed E-state index contributed by atoms with van der Waals surface area (Å²) < 4.78 is 83.4. The maximum atomic E-state index is 13.0. The lowest BCUT2D eigenvalue weighted by molar-refractivity contribution is -0.137. The summed E-state index contributed by atoms with van der Waals surface area (Å²) in [7, 11) is -4.14. The maximum absolute atomic E-state index is 13.0. The van der Waals surface area contributed by atoms with Crippen molar-refractivity contribution < 1.29 is 40.6 Å². The largest absolute Gasteiger partial charge is 0.491 e. The standard InChI is InChI=1S/C26H28ClF3N4O6S/c1-17(2)39-21-9-8-18(23(15-21)40-24-22(27)14-19(16-32-24)26(28,29)30)6-5-13-38-25(35)34-41(36,37)33-12-10-20-7-3-4-11-31-20/h3-4,7-9,11,14-17,33H,5-6,10,12-13H2,1-2H3,(H,34,35). The van der Waals surface area contributed by atoms with Crippen LogP contribution in [-0.2, 0) is 34.0 Å². The van der Waals surface area contributed by atoms with Gasteiger partial charge in [0.15, 0.2) is 0 Å². The molecule has 0 fully saturated rings. The van der Waals surface area contributed by atoms with E-state index in [1.807, 2.05) is 13.8 Å². The molecule has 1 amide bonds. The van der Waals surface area contributed by atoms with Crippen molar-refractivity contribution in [2.75, 3.05) is 13.2 Å². The van der Waals surface area contributed by atoms with Gasteiger partial charge in [0.25, 0.3) is 0 Å². The Bertz CT molecular complexity index is 1430. The van der Waals surface area contributed by atoms with Crippen LogP contribution in [0.15, 0.2) is 54.9 Å². The maximum Gasteiger partial charge on any atom is 0.421 e. The number of carbonyl (C=O) groups excluding carboxylic acids is 1. The lowest BCUT2D eigenvalue weighted by Crippen LogP contribution is -2.41. The molecule has 3 rings (SSSR count). The monoisotopic (exact) mass is 616 g/mol. The number of pyridine rings is 2. The van der Waals surface area contributed by atoms with Crippen LogP contribution in [0, 0.1) is 0 Å². The summed E-state index contributed by atoms with van der Waals surface area (Å²) in [5.41, 5.74) is 0.251. The summed E-state index contributed by atoms with van der Waals surface area (Å²) in [5, 5.41) is -0.337. The number of benzene rings is 1. The Balaban J connectivity index is 1.56. The van der Waals surface area contributed by atoms with Crippen LogP contribution < -0.4 is 18.9 Å². The van der Waals surface area contributed by atoms with Crippen LogP contribution in [0.1, 0.15) is 37.1 Å². The number of aromatic nitrogens is 2. The number of aryl methyl sites for hydroxylation is 1. The van der Waals surface area contributed by atoms with Gasteiger partial charge < -0.3 is 14.2 Å². The number of rotatable bonds is 13. The van der Waals surface area contributed by atoms with Crippen LogP contribution in [0.2, 0.25) is 5.02 Å². The second-order valence-electron chi connectivity index (χ2n) is 8.86. The zero-order valence-corrected chi connectivity index (χ0v) is 23.6. The topological polar surface area (TPSA) is 129 Å². The highest BCUT2D eigenvalue weighted by atomic mass is 35.5. The Morgan fingerprint density at radius 1 is 1.10 bits per heavy atom. The molecular weight excluding hydrogens is 589 g/mol. The van der Waals surface area contributed by atoms with Gasteiger partial charge in [-0.05, 0) is 56.5 Å². The molecule has 0 atom stereocenters. The van der Waals surface area contributed by atoms with E-state index in [1.165, 1.54) is 0 Å². The number of ether oxygens (including phenoxy) is 3. The first-order valence-electron chi connectivity index (χ1n) is 12.4. The minimum Gasteiger partial charge on any atom is -0.491 e. The summed E-state index contributed by atoms with van der Waals surface area (Å²) >= 11 is 6.00. The van der Waals surface area contributed by atoms with Crippen molar-refractivity contribution in [2.24, 2.45) is 0 Å². The van der Waals surface area contributed by atoms with Crippen LogP contribution in [0.5, 0.6) is 17.4 Å². The van der Waals surface area contributed by atoms with Crippen molar-refractivity contribution in [2.45, 2.75) is 45.4 Å². The van der Waals surface area contributed by atoms with E-state index in [1.54, 1.807) is 47.3 Å². The predicted octanol–water partition coefficient (Wildman–Crippen LogP) is 5.46. The van der Waals surface area contributed by atoms with E-state index in [0.29, 0.717) is 35.7 Å². The van der Waals surface area contributed by atoms with Gasteiger partial charge in [0.2, 0.25) is 5.88 Å². The van der Waals surface area contributed by atoms with Gasteiger partial charge in [0, 0.05) is 37.1 Å². The minimum atomic E-state index is -4.62. The van der Waals surface area contributed by atoms with Gasteiger partial charge in [-0.15, -0.1) is 0 Å². The van der Waals surface area contributed by atoms with Crippen molar-refractivity contribution in [1.29, 1.82) is 0 Å². The Morgan fingerprint density at radius 2 is 1.88 bits per heavy atom. The molecule has 1 aromatic carbocycles. The summed E-state index contributed by atoms with van der Waals surface area (Å²) in [6.45, 7) is 3.53. The molecule has 41 heavy (non-hydrogen) atoms. The Morgan fingerprint density at radius 3 is 2.54 bits per heavy atom. The molecule has 0 spiro atoms. The number of nitrogens with zero attached hydrogens (tertiary/aromatic N) is 2. The van der Waals surface area contributed by atoms with Gasteiger partial charge in [0.1, 0.15) is 16.5 Å². The summed E-state index contributed by atoms with van der Waals surface area (Å²) in [4.78, 5) is 19.8. The molecule has 2 heterocycles. The van der Waals surface area contributed by atoms with Gasteiger partial charge in [-0.3, -0.25) is 4.98 Å². The third kappa shape index (κ3) is 10.7. The molecule has 0 radical (unpaired) electrons. The Labute approximate surface area is 240 Å². The highest BCUT2D eigenvalue weighted by Gasteiger charge is 2.32. The molecule has 222 valence electrons. The van der Waals surface area contributed by atoms with Gasteiger partial charge in [-0.2, -0.15) is 26.3 Å². The molecule has 0 bridgehead atoms. The fraction of sp³-hybridized carbons (Fsp3) is 0.346. The Hall–Kier alpha value is -3.62. The molecule has 0 aliphatic heterocycles. The fourth-order valence-corrected chi connectivity index (χ4v) is 4.33. The number of alkyl halides is 3. The van der Waals surface area contributed by atoms with Gasteiger partial charge in [-0.1, -0.05) is 23.7 Å². The third-order valence-corrected chi connectivity index (χ3v) is 6.48. The van der Waals surface area contributed by atoms with Gasteiger partial charge in [0.05, 0.1) is 18.3 Å². The van der Waals surface area contributed by atoms with Crippen molar-refractivity contribution >= 4 is 27.9 Å². The van der Waals surface area contributed by atoms with Crippen LogP contribution in [0.25, 0.3) is 0 Å². The van der Waals surface area contributed by atoms with E-state index in [4.69, 9.17) is 25.8 Å². The number of amides is 1. The molecular formula is C26H28ClF3N4O6S. The lowest BCUT2D eigenvalue weighted by Gasteiger charge is -2.16. The van der Waals surface area contributed by atoms with Gasteiger partial charge in [-0.25, -0.2) is 14.5 Å². The highest BCUT2D eigenvalue weighted by Crippen LogP contribution is 2.36. The zero-order chi connectivity index (χ0) is 30.0. The first kappa shape index (κ1) is 31.9. The summed E-state index contributed by atoms with van der Waals surface area (Å²) in [6, 6.07) is 10.9. The molecule has 0 aliphatic carbocycles. The number of halogens is 4. The number of hydrogen-bond donors (Lipinski definition) is 2. The highest BCUT2D eigenvalue weighted by molar-refractivity contribution is 7.88. The van der Waals surface area contributed by atoms with E-state index in [0.717, 1.165) is 0 Å².